The summed E-state index contributed by atoms with van der Waals surface area (Å²) < 4.78 is 0. The summed E-state index contributed by atoms with van der Waals surface area (Å²) in [6.45, 7) is 4.15. The van der Waals surface area contributed by atoms with E-state index < -0.39 is 0 Å². The lowest BCUT2D eigenvalue weighted by Gasteiger charge is -2.05. The van der Waals surface area contributed by atoms with Crippen molar-refractivity contribution in [2.24, 2.45) is 0 Å². The van der Waals surface area contributed by atoms with E-state index in [-0.39, 0.29) is 0 Å². The van der Waals surface area contributed by atoms with Crippen molar-refractivity contribution in [1.29, 1.82) is 0 Å². The van der Waals surface area contributed by atoms with E-state index in [9.17, 15) is 0 Å². The zero-order chi connectivity index (χ0) is 12.1. The van der Waals surface area contributed by atoms with E-state index >= 15 is 0 Å². The minimum Gasteiger partial charge on any atom is -0.113 e. The van der Waals surface area contributed by atoms with E-state index in [2.05, 4.69) is 68.1 Å². The van der Waals surface area contributed by atoms with Gasteiger partial charge in [0.1, 0.15) is 0 Å². The normalized spacial score (nSPS) is 9.53. The summed E-state index contributed by atoms with van der Waals surface area (Å²) in [7, 11) is 0. The van der Waals surface area contributed by atoms with Crippen molar-refractivity contribution in [3.05, 3.63) is 83.1 Å². The summed E-state index contributed by atoms with van der Waals surface area (Å²) in [5.41, 5.74) is 8.21. The molecule has 0 nitrogen and oxygen atoms in total. The lowest BCUT2D eigenvalue weighted by atomic mass is 9.98. The zero-order valence-electron chi connectivity index (χ0n) is 10.3. The van der Waals surface area contributed by atoms with E-state index in [0.29, 0.717) is 0 Å². The van der Waals surface area contributed by atoms with Gasteiger partial charge < -0.3 is 0 Å². The Morgan fingerprint density at radius 2 is 1.12 bits per heavy atom. The predicted octanol–water partition coefficient (Wildman–Crippen LogP) is 4.68. The molecule has 0 heterocycles. The second-order valence-corrected chi connectivity index (χ2v) is 4.23. The number of benzene rings is 2. The molecule has 2 rings (SSSR count). The molecule has 0 bridgehead atoms. The fraction of sp³-hybridized carbons (Fsp3) is 0.118. The van der Waals surface area contributed by atoms with E-state index in [1.807, 2.05) is 12.1 Å². The van der Waals surface area contributed by atoms with Gasteiger partial charge >= 0.3 is 0 Å². The van der Waals surface area contributed by atoms with Crippen molar-refractivity contribution < 1.29 is 0 Å². The molecule has 0 saturated heterocycles. The molecule has 2 aromatic carbocycles. The highest BCUT2D eigenvalue weighted by atomic mass is 14.1. The monoisotopic (exact) mass is 220 g/mol. The summed E-state index contributed by atoms with van der Waals surface area (Å²) in [4.78, 5) is 0. The molecule has 0 aliphatic rings. The lowest BCUT2D eigenvalue weighted by molar-refractivity contribution is 1.40. The van der Waals surface area contributed by atoms with E-state index in [4.69, 9.17) is 0 Å². The van der Waals surface area contributed by atoms with Gasteiger partial charge in [-0.25, -0.2) is 0 Å². The summed E-state index contributed by atoms with van der Waals surface area (Å²) in [6, 6.07) is 20.8. The van der Waals surface area contributed by atoms with Crippen LogP contribution in [-0.2, 0) is 0 Å². The lowest BCUT2D eigenvalue weighted by Crippen LogP contribution is -1.86. The van der Waals surface area contributed by atoms with Crippen molar-refractivity contribution in [1.82, 2.24) is 0 Å². The SMILES string of the molecule is CC(C)=C=C(c1ccccc1)c1ccccc1. The van der Waals surface area contributed by atoms with E-state index in [1.165, 1.54) is 16.7 Å². The van der Waals surface area contributed by atoms with Crippen LogP contribution in [0.1, 0.15) is 25.0 Å². The van der Waals surface area contributed by atoms with Gasteiger partial charge in [-0.1, -0.05) is 60.7 Å². The number of hydrogen-bond acceptors (Lipinski definition) is 0. The average molecular weight is 220 g/mol. The summed E-state index contributed by atoms with van der Waals surface area (Å²) >= 11 is 0. The molecule has 0 spiro atoms. The third-order valence-corrected chi connectivity index (χ3v) is 2.50. The van der Waals surface area contributed by atoms with Gasteiger partial charge in [0.05, 0.1) is 0 Å². The van der Waals surface area contributed by atoms with Crippen LogP contribution in [0, 0.1) is 0 Å². The first-order valence-corrected chi connectivity index (χ1v) is 5.82. The average Bonchev–Trinajstić information content (AvgIpc) is 2.38. The van der Waals surface area contributed by atoms with Crippen molar-refractivity contribution in [3.8, 4) is 0 Å². The number of rotatable bonds is 2. The molecule has 0 saturated carbocycles. The van der Waals surface area contributed by atoms with Gasteiger partial charge in [0.15, 0.2) is 0 Å². The van der Waals surface area contributed by atoms with Crippen LogP contribution in [0.3, 0.4) is 0 Å². The maximum absolute atomic E-state index is 3.45. The van der Waals surface area contributed by atoms with Gasteiger partial charge in [-0.15, -0.1) is 5.73 Å². The topological polar surface area (TPSA) is 0 Å². The van der Waals surface area contributed by atoms with Crippen LogP contribution in [0.2, 0.25) is 0 Å². The highest BCUT2D eigenvalue weighted by Gasteiger charge is 2.02. The highest BCUT2D eigenvalue weighted by molar-refractivity contribution is 5.79. The van der Waals surface area contributed by atoms with Crippen LogP contribution in [0.15, 0.2) is 72.0 Å². The fourth-order valence-corrected chi connectivity index (χ4v) is 1.77. The summed E-state index contributed by atoms with van der Waals surface area (Å²) in [5.74, 6) is 0. The Kier molecular flexibility index (Phi) is 3.59. The molecule has 0 atom stereocenters. The molecular weight excluding hydrogens is 204 g/mol. The second-order valence-electron chi connectivity index (χ2n) is 4.23. The van der Waals surface area contributed by atoms with Crippen molar-refractivity contribution in [2.75, 3.05) is 0 Å². The molecule has 0 N–H and O–H groups in total. The van der Waals surface area contributed by atoms with Crippen molar-refractivity contribution in [3.63, 3.8) is 0 Å². The molecule has 0 unspecified atom stereocenters. The first-order valence-electron chi connectivity index (χ1n) is 5.82. The Morgan fingerprint density at radius 1 is 0.706 bits per heavy atom. The number of hydrogen-bond donors (Lipinski definition) is 0. The Bertz CT molecular complexity index is 496. The fourth-order valence-electron chi connectivity index (χ4n) is 1.77. The first kappa shape index (κ1) is 11.4. The number of allylic oxidation sites excluding steroid dienone is 1. The van der Waals surface area contributed by atoms with Crippen LogP contribution in [0.25, 0.3) is 5.57 Å². The van der Waals surface area contributed by atoms with Crippen LogP contribution < -0.4 is 0 Å². The Morgan fingerprint density at radius 3 is 1.47 bits per heavy atom. The highest BCUT2D eigenvalue weighted by Crippen LogP contribution is 2.22. The maximum Gasteiger partial charge on any atom is 0.0308 e. The third-order valence-electron chi connectivity index (χ3n) is 2.50. The summed E-state index contributed by atoms with van der Waals surface area (Å²) in [5, 5.41) is 0. The predicted molar refractivity (Wildman–Crippen MR) is 73.8 cm³/mol. The van der Waals surface area contributed by atoms with Crippen LogP contribution in [-0.4, -0.2) is 0 Å². The Labute approximate surface area is 103 Å². The first-order chi connectivity index (χ1) is 8.27. The standard InChI is InChI=1S/C17H16/c1-14(2)13-17(15-9-5-3-6-10-15)16-11-7-4-8-12-16/h3-12H,1-2H3. The molecular formula is C17H16. The molecule has 17 heavy (non-hydrogen) atoms. The third kappa shape index (κ3) is 2.96. The zero-order valence-corrected chi connectivity index (χ0v) is 10.3. The van der Waals surface area contributed by atoms with Crippen LogP contribution >= 0.6 is 0 Å². The van der Waals surface area contributed by atoms with Crippen molar-refractivity contribution in [2.45, 2.75) is 13.8 Å². The van der Waals surface area contributed by atoms with Gasteiger partial charge in [0.2, 0.25) is 0 Å². The Hall–Kier alpha value is -2.04. The molecule has 0 aliphatic carbocycles. The van der Waals surface area contributed by atoms with Gasteiger partial charge in [-0.05, 0) is 30.5 Å². The second kappa shape index (κ2) is 5.34. The van der Waals surface area contributed by atoms with Crippen LogP contribution in [0.4, 0.5) is 0 Å². The van der Waals surface area contributed by atoms with Gasteiger partial charge in [-0.3, -0.25) is 0 Å². The Balaban J connectivity index is 2.60. The summed E-state index contributed by atoms with van der Waals surface area (Å²) in [6.07, 6.45) is 0. The van der Waals surface area contributed by atoms with Crippen molar-refractivity contribution >= 4 is 5.57 Å². The molecule has 2 aromatic rings. The molecule has 0 radical (unpaired) electrons. The van der Waals surface area contributed by atoms with Gasteiger partial charge in [-0.2, -0.15) is 0 Å². The van der Waals surface area contributed by atoms with Gasteiger partial charge in [0, 0.05) is 5.57 Å². The molecule has 0 fully saturated rings. The van der Waals surface area contributed by atoms with Gasteiger partial charge in [0.25, 0.3) is 0 Å². The minimum absolute atomic E-state index is 1.16. The minimum atomic E-state index is 1.16. The van der Waals surface area contributed by atoms with E-state index in [1.54, 1.807) is 0 Å². The molecule has 0 aromatic heterocycles. The van der Waals surface area contributed by atoms with Crippen LogP contribution in [0.5, 0.6) is 0 Å². The molecule has 0 aliphatic heterocycles. The largest absolute Gasteiger partial charge is 0.113 e. The molecule has 0 heteroatoms. The molecule has 84 valence electrons. The quantitative estimate of drug-likeness (QED) is 0.644. The smallest absolute Gasteiger partial charge is 0.0308 e. The maximum atomic E-state index is 3.45. The van der Waals surface area contributed by atoms with E-state index in [0.717, 1.165) is 5.57 Å². The molecule has 0 amide bonds.